The predicted molar refractivity (Wildman–Crippen MR) is 103 cm³/mol. The highest BCUT2D eigenvalue weighted by Gasteiger charge is 2.26. The summed E-state index contributed by atoms with van der Waals surface area (Å²) in [7, 11) is 2.46. The van der Waals surface area contributed by atoms with Gasteiger partial charge in [0.05, 0.1) is 26.4 Å². The number of carbonyl (C=O) groups is 3. The van der Waals surface area contributed by atoms with Crippen LogP contribution in [-0.4, -0.2) is 45.3 Å². The van der Waals surface area contributed by atoms with Crippen molar-refractivity contribution < 1.29 is 33.3 Å². The van der Waals surface area contributed by atoms with E-state index in [0.717, 1.165) is 11.3 Å². The highest BCUT2D eigenvalue weighted by atomic mass is 32.1. The van der Waals surface area contributed by atoms with E-state index in [2.05, 4.69) is 5.32 Å². The number of methoxy groups -OCH3 is 2. The number of amides is 1. The third-order valence-corrected chi connectivity index (χ3v) is 4.85. The lowest BCUT2D eigenvalue weighted by molar-refractivity contribution is -0.118. The third-order valence-electron chi connectivity index (χ3n) is 3.66. The highest BCUT2D eigenvalue weighted by Crippen LogP contribution is 2.34. The molecular formula is C19H21NO7S. The van der Waals surface area contributed by atoms with Crippen molar-refractivity contribution >= 4 is 34.2 Å². The molecule has 0 aliphatic heterocycles. The summed E-state index contributed by atoms with van der Waals surface area (Å²) >= 11 is 0.941. The van der Waals surface area contributed by atoms with Crippen molar-refractivity contribution in [3.63, 3.8) is 0 Å². The van der Waals surface area contributed by atoms with Crippen molar-refractivity contribution in [2.24, 2.45) is 0 Å². The second-order valence-corrected chi connectivity index (χ2v) is 6.51. The summed E-state index contributed by atoms with van der Waals surface area (Å²) in [5.41, 5.74) is 0.494. The first-order valence-electron chi connectivity index (χ1n) is 8.36. The maximum absolute atomic E-state index is 12.3. The molecule has 0 spiro atoms. The van der Waals surface area contributed by atoms with Crippen LogP contribution in [0, 0.1) is 6.92 Å². The molecule has 0 unspecified atom stereocenters. The van der Waals surface area contributed by atoms with E-state index in [1.807, 2.05) is 6.92 Å². The van der Waals surface area contributed by atoms with E-state index in [0.29, 0.717) is 23.7 Å². The number of esters is 2. The van der Waals surface area contributed by atoms with Gasteiger partial charge in [-0.25, -0.2) is 9.59 Å². The number of rotatable bonds is 8. The SMILES string of the molecule is CCOc1ccc(OCC(=O)Nc2sc(C(=O)OC)c(C)c2C(=O)OC)cc1. The number of carbonyl (C=O) groups excluding carboxylic acids is 3. The molecule has 2 aromatic rings. The molecule has 0 aliphatic carbocycles. The van der Waals surface area contributed by atoms with Crippen LogP contribution in [0.5, 0.6) is 11.5 Å². The minimum absolute atomic E-state index is 0.113. The van der Waals surface area contributed by atoms with Gasteiger partial charge in [0.1, 0.15) is 21.4 Å². The molecule has 0 radical (unpaired) electrons. The van der Waals surface area contributed by atoms with E-state index in [1.165, 1.54) is 14.2 Å². The first-order valence-corrected chi connectivity index (χ1v) is 9.18. The van der Waals surface area contributed by atoms with E-state index < -0.39 is 17.8 Å². The van der Waals surface area contributed by atoms with Gasteiger partial charge in [0.25, 0.3) is 5.91 Å². The van der Waals surface area contributed by atoms with Crippen LogP contribution in [0.3, 0.4) is 0 Å². The number of nitrogens with one attached hydrogen (secondary N) is 1. The van der Waals surface area contributed by atoms with Gasteiger partial charge < -0.3 is 24.3 Å². The van der Waals surface area contributed by atoms with Crippen LogP contribution < -0.4 is 14.8 Å². The molecule has 9 heteroatoms. The molecule has 8 nitrogen and oxygen atoms in total. The van der Waals surface area contributed by atoms with Crippen molar-refractivity contribution in [3.05, 3.63) is 40.3 Å². The number of ether oxygens (including phenoxy) is 4. The molecule has 0 atom stereocenters. The maximum atomic E-state index is 12.3. The third kappa shape index (κ3) is 5.01. The molecule has 1 N–H and O–H groups in total. The summed E-state index contributed by atoms with van der Waals surface area (Å²) in [4.78, 5) is 36.4. The molecular weight excluding hydrogens is 386 g/mol. The average Bonchev–Trinajstić information content (AvgIpc) is 3.02. The molecule has 0 saturated carbocycles. The van der Waals surface area contributed by atoms with Gasteiger partial charge in [0.15, 0.2) is 6.61 Å². The van der Waals surface area contributed by atoms with Gasteiger partial charge in [0.2, 0.25) is 0 Å². The minimum Gasteiger partial charge on any atom is -0.494 e. The molecule has 1 aromatic carbocycles. The van der Waals surface area contributed by atoms with Gasteiger partial charge in [-0.2, -0.15) is 0 Å². The lowest BCUT2D eigenvalue weighted by atomic mass is 10.1. The highest BCUT2D eigenvalue weighted by molar-refractivity contribution is 7.18. The normalized spacial score (nSPS) is 10.1. The van der Waals surface area contributed by atoms with Gasteiger partial charge in [-0.3, -0.25) is 4.79 Å². The number of hydrogen-bond donors (Lipinski definition) is 1. The first-order chi connectivity index (χ1) is 13.4. The quantitative estimate of drug-likeness (QED) is 0.671. The Morgan fingerprint density at radius 3 is 2.07 bits per heavy atom. The van der Waals surface area contributed by atoms with Crippen LogP contribution in [0.4, 0.5) is 5.00 Å². The van der Waals surface area contributed by atoms with E-state index >= 15 is 0 Å². The Morgan fingerprint density at radius 2 is 1.54 bits per heavy atom. The van der Waals surface area contributed by atoms with Crippen molar-refractivity contribution in [2.75, 3.05) is 32.8 Å². The Balaban J connectivity index is 2.10. The molecule has 0 bridgehead atoms. The summed E-state index contributed by atoms with van der Waals surface area (Å²) in [5.74, 6) is -0.557. The van der Waals surface area contributed by atoms with E-state index in [1.54, 1.807) is 31.2 Å². The van der Waals surface area contributed by atoms with Crippen molar-refractivity contribution in [3.8, 4) is 11.5 Å². The zero-order valence-corrected chi connectivity index (χ0v) is 16.8. The smallest absolute Gasteiger partial charge is 0.348 e. The summed E-state index contributed by atoms with van der Waals surface area (Å²) in [6, 6.07) is 6.83. The van der Waals surface area contributed by atoms with Crippen LogP contribution in [-0.2, 0) is 14.3 Å². The molecule has 0 fully saturated rings. The molecule has 28 heavy (non-hydrogen) atoms. The van der Waals surface area contributed by atoms with Crippen LogP contribution in [0.2, 0.25) is 0 Å². The van der Waals surface area contributed by atoms with E-state index in [9.17, 15) is 14.4 Å². The lowest BCUT2D eigenvalue weighted by Gasteiger charge is -2.09. The second kappa shape index (κ2) is 9.75. The Labute approximate surface area is 166 Å². The maximum Gasteiger partial charge on any atom is 0.348 e. The second-order valence-electron chi connectivity index (χ2n) is 5.48. The Bertz CT molecular complexity index is 858. The molecule has 0 saturated heterocycles. The summed E-state index contributed by atoms with van der Waals surface area (Å²) in [5, 5.41) is 2.79. The zero-order chi connectivity index (χ0) is 20.7. The summed E-state index contributed by atoms with van der Waals surface area (Å²) in [6.45, 7) is 3.74. The minimum atomic E-state index is -0.661. The first kappa shape index (κ1) is 21.2. The van der Waals surface area contributed by atoms with E-state index in [4.69, 9.17) is 18.9 Å². The van der Waals surface area contributed by atoms with Gasteiger partial charge >= 0.3 is 11.9 Å². The Kier molecular flexibility index (Phi) is 7.39. The molecule has 0 aliphatic rings. The van der Waals surface area contributed by atoms with Crippen LogP contribution in [0.25, 0.3) is 0 Å². The number of anilines is 1. The molecule has 1 aromatic heterocycles. The fraction of sp³-hybridized carbons (Fsp3) is 0.316. The summed E-state index contributed by atoms with van der Waals surface area (Å²) < 4.78 is 20.2. The van der Waals surface area contributed by atoms with Crippen molar-refractivity contribution in [2.45, 2.75) is 13.8 Å². The Morgan fingerprint density at radius 1 is 0.964 bits per heavy atom. The monoisotopic (exact) mass is 407 g/mol. The standard InChI is InChI=1S/C19H21NO7S/c1-5-26-12-6-8-13(9-7-12)27-10-14(21)20-17-15(18(22)24-3)11(2)16(28-17)19(23)25-4/h6-9H,5,10H2,1-4H3,(H,20,21). The summed E-state index contributed by atoms with van der Waals surface area (Å²) in [6.07, 6.45) is 0. The predicted octanol–water partition coefficient (Wildman–Crippen LogP) is 3.05. The van der Waals surface area contributed by atoms with Crippen LogP contribution in [0.1, 0.15) is 32.5 Å². The zero-order valence-electron chi connectivity index (χ0n) is 16.0. The fourth-order valence-electron chi connectivity index (χ4n) is 2.35. The number of hydrogen-bond acceptors (Lipinski definition) is 8. The fourth-order valence-corrected chi connectivity index (χ4v) is 3.48. The molecule has 2 rings (SSSR count). The topological polar surface area (TPSA) is 100 Å². The number of thiophene rings is 1. The van der Waals surface area contributed by atoms with Crippen LogP contribution >= 0.6 is 11.3 Å². The molecule has 1 heterocycles. The van der Waals surface area contributed by atoms with Gasteiger partial charge in [-0.1, -0.05) is 0 Å². The Hall–Kier alpha value is -3.07. The van der Waals surface area contributed by atoms with Crippen molar-refractivity contribution in [1.82, 2.24) is 0 Å². The van der Waals surface area contributed by atoms with Gasteiger partial charge in [0, 0.05) is 0 Å². The average molecular weight is 407 g/mol. The van der Waals surface area contributed by atoms with Crippen LogP contribution in [0.15, 0.2) is 24.3 Å². The van der Waals surface area contributed by atoms with Crippen molar-refractivity contribution in [1.29, 1.82) is 0 Å². The number of benzene rings is 1. The van der Waals surface area contributed by atoms with E-state index in [-0.39, 0.29) is 22.0 Å². The van der Waals surface area contributed by atoms with Gasteiger partial charge in [-0.05, 0) is 43.7 Å². The largest absolute Gasteiger partial charge is 0.494 e. The lowest BCUT2D eigenvalue weighted by Crippen LogP contribution is -2.21. The van der Waals surface area contributed by atoms with Gasteiger partial charge in [-0.15, -0.1) is 11.3 Å². The molecule has 150 valence electrons. The molecule has 1 amide bonds.